The highest BCUT2D eigenvalue weighted by molar-refractivity contribution is 5.80. The Kier molecular flexibility index (Phi) is 7.10. The van der Waals surface area contributed by atoms with Crippen LogP contribution >= 0.6 is 0 Å². The van der Waals surface area contributed by atoms with Crippen molar-refractivity contribution in [1.29, 1.82) is 0 Å². The van der Waals surface area contributed by atoms with Crippen LogP contribution in [0, 0.1) is 19.8 Å². The molecule has 0 spiro atoms. The molecule has 25 heavy (non-hydrogen) atoms. The fourth-order valence-corrected chi connectivity index (χ4v) is 3.39. The van der Waals surface area contributed by atoms with Crippen molar-refractivity contribution in [1.82, 2.24) is 10.2 Å². The van der Waals surface area contributed by atoms with Gasteiger partial charge in [-0.25, -0.2) is 0 Å². The molecule has 1 amide bonds. The van der Waals surface area contributed by atoms with Crippen LogP contribution in [0.4, 0.5) is 0 Å². The first-order valence-corrected chi connectivity index (χ1v) is 8.93. The van der Waals surface area contributed by atoms with Gasteiger partial charge in [0.1, 0.15) is 12.4 Å². The Balaban J connectivity index is 1.79. The maximum absolute atomic E-state index is 11.1. The number of benzene rings is 1. The molecule has 0 saturated carbocycles. The zero-order chi connectivity index (χ0) is 18.2. The average molecular weight is 346 g/mol. The van der Waals surface area contributed by atoms with Gasteiger partial charge in [0.2, 0.25) is 5.91 Å². The molecule has 0 bridgehead atoms. The summed E-state index contributed by atoms with van der Waals surface area (Å²) >= 11 is 0. The van der Waals surface area contributed by atoms with Crippen LogP contribution in [0.2, 0.25) is 0 Å². The van der Waals surface area contributed by atoms with E-state index < -0.39 is 0 Å². The van der Waals surface area contributed by atoms with Crippen molar-refractivity contribution in [3.05, 3.63) is 29.3 Å². The Morgan fingerprint density at radius 3 is 2.72 bits per heavy atom. The Hall–Kier alpha value is -2.24. The number of rotatable bonds is 6. The van der Waals surface area contributed by atoms with Gasteiger partial charge in [-0.05, 0) is 55.9 Å². The highest BCUT2D eigenvalue weighted by atomic mass is 16.5. The maximum Gasteiger partial charge on any atom is 0.217 e. The van der Waals surface area contributed by atoms with E-state index in [1.54, 1.807) is 7.05 Å². The van der Waals surface area contributed by atoms with E-state index >= 15 is 0 Å². The van der Waals surface area contributed by atoms with E-state index in [2.05, 4.69) is 35.1 Å². The minimum absolute atomic E-state index is 0.225. The molecule has 1 heterocycles. The Labute approximate surface area is 150 Å². The summed E-state index contributed by atoms with van der Waals surface area (Å²) in [6.07, 6.45) is 2.55. The standard InChI is InChI=1S/C19H30N4O2/c1-14-9-15(2)11-17(10-14)25-8-6-22-19(21-3)23-7-4-5-16(13-23)12-18(20)24/h9-11,16H,4-8,12-13H2,1-3H3,(H2,20,24)(H,21,22). The topological polar surface area (TPSA) is 80.0 Å². The molecule has 1 atom stereocenters. The number of carbonyl (C=O) groups is 1. The third-order valence-electron chi connectivity index (χ3n) is 4.37. The first kappa shape index (κ1) is 19.1. The van der Waals surface area contributed by atoms with E-state index in [-0.39, 0.29) is 5.91 Å². The summed E-state index contributed by atoms with van der Waals surface area (Å²) in [5, 5.41) is 3.35. The smallest absolute Gasteiger partial charge is 0.217 e. The first-order chi connectivity index (χ1) is 12.0. The van der Waals surface area contributed by atoms with E-state index in [1.807, 2.05) is 12.1 Å². The number of primary amides is 1. The second kappa shape index (κ2) is 9.30. The molecular formula is C19H30N4O2. The van der Waals surface area contributed by atoms with Gasteiger partial charge < -0.3 is 20.7 Å². The van der Waals surface area contributed by atoms with Crippen LogP contribution in [0.25, 0.3) is 0 Å². The fourth-order valence-electron chi connectivity index (χ4n) is 3.39. The van der Waals surface area contributed by atoms with Crippen molar-refractivity contribution in [3.8, 4) is 5.75 Å². The fraction of sp³-hybridized carbons (Fsp3) is 0.579. The number of amides is 1. The normalized spacial score (nSPS) is 18.1. The van der Waals surface area contributed by atoms with Crippen molar-refractivity contribution in [2.75, 3.05) is 33.3 Å². The molecule has 1 fully saturated rings. The van der Waals surface area contributed by atoms with Gasteiger partial charge in [0.15, 0.2) is 5.96 Å². The highest BCUT2D eigenvalue weighted by Crippen LogP contribution is 2.19. The van der Waals surface area contributed by atoms with E-state index in [1.165, 1.54) is 11.1 Å². The minimum atomic E-state index is -0.225. The number of likely N-dealkylation sites (tertiary alicyclic amines) is 1. The number of hydrogen-bond acceptors (Lipinski definition) is 3. The van der Waals surface area contributed by atoms with Gasteiger partial charge in [-0.3, -0.25) is 9.79 Å². The quantitative estimate of drug-likeness (QED) is 0.468. The SMILES string of the molecule is CN=C(NCCOc1cc(C)cc(C)c1)N1CCCC(CC(N)=O)C1. The third-order valence-corrected chi connectivity index (χ3v) is 4.37. The van der Waals surface area contributed by atoms with Crippen molar-refractivity contribution in [2.24, 2.45) is 16.6 Å². The van der Waals surface area contributed by atoms with Crippen molar-refractivity contribution in [3.63, 3.8) is 0 Å². The van der Waals surface area contributed by atoms with E-state index in [4.69, 9.17) is 10.5 Å². The van der Waals surface area contributed by atoms with Gasteiger partial charge in [0.05, 0.1) is 6.54 Å². The van der Waals surface area contributed by atoms with Crippen molar-refractivity contribution in [2.45, 2.75) is 33.1 Å². The predicted molar refractivity (Wildman–Crippen MR) is 101 cm³/mol. The number of piperidine rings is 1. The molecule has 3 N–H and O–H groups in total. The molecule has 138 valence electrons. The molecular weight excluding hydrogens is 316 g/mol. The van der Waals surface area contributed by atoms with Gasteiger partial charge in [-0.15, -0.1) is 0 Å². The zero-order valence-corrected chi connectivity index (χ0v) is 15.5. The van der Waals surface area contributed by atoms with E-state index in [9.17, 15) is 4.79 Å². The van der Waals surface area contributed by atoms with E-state index in [0.717, 1.165) is 37.6 Å². The monoisotopic (exact) mass is 346 g/mol. The molecule has 0 aliphatic carbocycles. The Morgan fingerprint density at radius 2 is 2.08 bits per heavy atom. The molecule has 0 aromatic heterocycles. The molecule has 2 rings (SSSR count). The van der Waals surface area contributed by atoms with Gasteiger partial charge in [-0.2, -0.15) is 0 Å². The van der Waals surface area contributed by atoms with Crippen LogP contribution < -0.4 is 15.8 Å². The summed E-state index contributed by atoms with van der Waals surface area (Å²) in [7, 11) is 1.78. The number of ether oxygens (including phenoxy) is 1. The number of aliphatic imine (C=N–C) groups is 1. The number of aryl methyl sites for hydroxylation is 2. The summed E-state index contributed by atoms with van der Waals surface area (Å²) < 4.78 is 5.83. The third kappa shape index (κ3) is 6.29. The predicted octanol–water partition coefficient (Wildman–Crippen LogP) is 1.85. The summed E-state index contributed by atoms with van der Waals surface area (Å²) in [6, 6.07) is 6.22. The molecule has 1 aromatic carbocycles. The van der Waals surface area contributed by atoms with E-state index in [0.29, 0.717) is 25.5 Å². The van der Waals surface area contributed by atoms with Crippen LogP contribution in [0.5, 0.6) is 5.75 Å². The molecule has 6 nitrogen and oxygen atoms in total. The van der Waals surface area contributed by atoms with Crippen LogP contribution in [-0.4, -0.2) is 50.1 Å². The van der Waals surface area contributed by atoms with Gasteiger partial charge in [0, 0.05) is 26.6 Å². The Bertz CT molecular complexity index is 595. The second-order valence-electron chi connectivity index (χ2n) is 6.77. The van der Waals surface area contributed by atoms with Gasteiger partial charge in [-0.1, -0.05) is 6.07 Å². The zero-order valence-electron chi connectivity index (χ0n) is 15.5. The Morgan fingerprint density at radius 1 is 1.36 bits per heavy atom. The summed E-state index contributed by atoms with van der Waals surface area (Å²) in [5.74, 6) is 1.85. The van der Waals surface area contributed by atoms with Gasteiger partial charge in [0.25, 0.3) is 0 Å². The number of nitrogens with zero attached hydrogens (tertiary/aromatic N) is 2. The van der Waals surface area contributed by atoms with Crippen LogP contribution in [-0.2, 0) is 4.79 Å². The lowest BCUT2D eigenvalue weighted by molar-refractivity contribution is -0.119. The number of hydrogen-bond donors (Lipinski definition) is 2. The van der Waals surface area contributed by atoms with Gasteiger partial charge >= 0.3 is 0 Å². The van der Waals surface area contributed by atoms with Crippen molar-refractivity contribution < 1.29 is 9.53 Å². The van der Waals surface area contributed by atoms with Crippen LogP contribution in [0.15, 0.2) is 23.2 Å². The second-order valence-corrected chi connectivity index (χ2v) is 6.77. The lowest BCUT2D eigenvalue weighted by Gasteiger charge is -2.34. The molecule has 1 aromatic rings. The number of nitrogens with one attached hydrogen (secondary N) is 1. The molecule has 1 saturated heterocycles. The average Bonchev–Trinajstić information content (AvgIpc) is 2.53. The summed E-state index contributed by atoms with van der Waals surface area (Å²) in [6.45, 7) is 7.15. The maximum atomic E-state index is 11.1. The molecule has 1 aliphatic heterocycles. The van der Waals surface area contributed by atoms with Crippen LogP contribution in [0.3, 0.4) is 0 Å². The number of carbonyl (C=O) groups excluding carboxylic acids is 1. The number of nitrogens with two attached hydrogens (primary N) is 1. The molecule has 1 aliphatic rings. The minimum Gasteiger partial charge on any atom is -0.492 e. The number of guanidine groups is 1. The molecule has 0 radical (unpaired) electrons. The van der Waals surface area contributed by atoms with Crippen LogP contribution in [0.1, 0.15) is 30.4 Å². The molecule has 6 heteroatoms. The first-order valence-electron chi connectivity index (χ1n) is 8.93. The molecule has 1 unspecified atom stereocenters. The summed E-state index contributed by atoms with van der Waals surface area (Å²) in [5.41, 5.74) is 7.74. The lowest BCUT2D eigenvalue weighted by atomic mass is 9.95. The summed E-state index contributed by atoms with van der Waals surface area (Å²) in [4.78, 5) is 17.7. The van der Waals surface area contributed by atoms with Crippen molar-refractivity contribution >= 4 is 11.9 Å². The lowest BCUT2D eigenvalue weighted by Crippen LogP contribution is -2.48. The largest absolute Gasteiger partial charge is 0.492 e. The highest BCUT2D eigenvalue weighted by Gasteiger charge is 2.23.